The van der Waals surface area contributed by atoms with Crippen molar-refractivity contribution in [3.05, 3.63) is 32.2 Å². The first-order valence-electron chi connectivity index (χ1n) is 6.26. The maximum Gasteiger partial charge on any atom is 0.434 e. The standard InChI is InChI=1S/C12H14F3N5S2.HI/c1-7-3-17-9(22-7)4-18-11(16-2)19-5-10-20-8(6-21-10)12(13,14)15;/h3,6H,4-5H2,1-2H3,(H2,16,18,19);1H. The van der Waals surface area contributed by atoms with Crippen LogP contribution in [0, 0.1) is 6.92 Å². The summed E-state index contributed by atoms with van der Waals surface area (Å²) in [4.78, 5) is 12.9. The van der Waals surface area contributed by atoms with Gasteiger partial charge in [-0.2, -0.15) is 13.2 Å². The number of aromatic nitrogens is 2. The summed E-state index contributed by atoms with van der Waals surface area (Å²) in [5, 5.41) is 8.24. The van der Waals surface area contributed by atoms with E-state index in [-0.39, 0.29) is 30.5 Å². The molecule has 0 saturated carbocycles. The summed E-state index contributed by atoms with van der Waals surface area (Å²) in [7, 11) is 1.59. The maximum atomic E-state index is 12.5. The van der Waals surface area contributed by atoms with Gasteiger partial charge in [0.15, 0.2) is 11.7 Å². The number of alkyl halides is 3. The Morgan fingerprint density at radius 2 is 1.91 bits per heavy atom. The Labute approximate surface area is 156 Å². The molecule has 23 heavy (non-hydrogen) atoms. The highest BCUT2D eigenvalue weighted by molar-refractivity contribution is 14.0. The fourth-order valence-corrected chi connectivity index (χ4v) is 3.01. The molecule has 2 N–H and O–H groups in total. The predicted molar refractivity (Wildman–Crippen MR) is 96.4 cm³/mol. The molecule has 0 bridgehead atoms. The summed E-state index contributed by atoms with van der Waals surface area (Å²) in [6.45, 7) is 2.65. The summed E-state index contributed by atoms with van der Waals surface area (Å²) in [5.41, 5.74) is -0.865. The van der Waals surface area contributed by atoms with Crippen molar-refractivity contribution in [3.8, 4) is 0 Å². The number of thiazole rings is 2. The third kappa shape index (κ3) is 6.22. The van der Waals surface area contributed by atoms with E-state index in [0.29, 0.717) is 17.5 Å². The van der Waals surface area contributed by atoms with E-state index < -0.39 is 11.9 Å². The molecule has 2 aromatic rings. The van der Waals surface area contributed by atoms with Crippen LogP contribution in [0.15, 0.2) is 16.6 Å². The number of halogens is 4. The van der Waals surface area contributed by atoms with Gasteiger partial charge in [0, 0.05) is 23.5 Å². The molecule has 0 aliphatic carbocycles. The van der Waals surface area contributed by atoms with Gasteiger partial charge in [0.1, 0.15) is 10.0 Å². The minimum Gasteiger partial charge on any atom is -0.350 e. The third-order valence-corrected chi connectivity index (χ3v) is 4.31. The van der Waals surface area contributed by atoms with Crippen LogP contribution in [0.1, 0.15) is 20.6 Å². The zero-order valence-corrected chi connectivity index (χ0v) is 16.2. The lowest BCUT2D eigenvalue weighted by molar-refractivity contribution is -0.140. The van der Waals surface area contributed by atoms with E-state index in [1.54, 1.807) is 24.6 Å². The van der Waals surface area contributed by atoms with Crippen LogP contribution in [0.25, 0.3) is 0 Å². The molecule has 5 nitrogen and oxygen atoms in total. The average molecular weight is 477 g/mol. The molecule has 0 amide bonds. The van der Waals surface area contributed by atoms with Crippen molar-refractivity contribution < 1.29 is 13.2 Å². The van der Waals surface area contributed by atoms with E-state index in [2.05, 4.69) is 25.6 Å². The average Bonchev–Trinajstić information content (AvgIpc) is 3.07. The van der Waals surface area contributed by atoms with Gasteiger partial charge in [-0.1, -0.05) is 0 Å². The highest BCUT2D eigenvalue weighted by Gasteiger charge is 2.33. The molecule has 0 aliphatic heterocycles. The number of hydrogen-bond acceptors (Lipinski definition) is 5. The molecule has 2 heterocycles. The number of rotatable bonds is 4. The molecule has 0 fully saturated rings. The Morgan fingerprint density at radius 1 is 1.26 bits per heavy atom. The van der Waals surface area contributed by atoms with Gasteiger partial charge in [0.05, 0.1) is 13.1 Å². The van der Waals surface area contributed by atoms with Gasteiger partial charge in [-0.15, -0.1) is 46.7 Å². The number of aryl methyl sites for hydroxylation is 1. The molecular formula is C12H15F3IN5S2. The van der Waals surface area contributed by atoms with Crippen LogP contribution in [0.3, 0.4) is 0 Å². The molecule has 0 spiro atoms. The minimum absolute atomic E-state index is 0. The van der Waals surface area contributed by atoms with Gasteiger partial charge in [-0.05, 0) is 6.92 Å². The van der Waals surface area contributed by atoms with Crippen molar-refractivity contribution in [3.63, 3.8) is 0 Å². The number of aliphatic imine (C=N–C) groups is 1. The van der Waals surface area contributed by atoms with E-state index in [0.717, 1.165) is 26.6 Å². The lowest BCUT2D eigenvalue weighted by Gasteiger charge is -2.09. The van der Waals surface area contributed by atoms with Crippen LogP contribution in [-0.4, -0.2) is 23.0 Å². The summed E-state index contributed by atoms with van der Waals surface area (Å²) >= 11 is 2.53. The molecule has 11 heteroatoms. The summed E-state index contributed by atoms with van der Waals surface area (Å²) in [6.07, 6.45) is -2.62. The van der Waals surface area contributed by atoms with Gasteiger partial charge in [-0.25, -0.2) is 9.97 Å². The van der Waals surface area contributed by atoms with E-state index in [4.69, 9.17) is 0 Å². The highest BCUT2D eigenvalue weighted by atomic mass is 127. The molecule has 0 saturated heterocycles. The molecule has 0 aliphatic rings. The summed E-state index contributed by atoms with van der Waals surface area (Å²) < 4.78 is 37.4. The van der Waals surface area contributed by atoms with Gasteiger partial charge in [0.2, 0.25) is 0 Å². The van der Waals surface area contributed by atoms with Crippen LogP contribution in [0.4, 0.5) is 13.2 Å². The van der Waals surface area contributed by atoms with E-state index in [1.807, 2.05) is 6.92 Å². The Kier molecular flexibility index (Phi) is 7.67. The maximum absolute atomic E-state index is 12.5. The fourth-order valence-electron chi connectivity index (χ4n) is 1.54. The number of nitrogens with zero attached hydrogens (tertiary/aromatic N) is 3. The van der Waals surface area contributed by atoms with Crippen LogP contribution < -0.4 is 10.6 Å². The van der Waals surface area contributed by atoms with E-state index in [9.17, 15) is 13.2 Å². The second-order valence-electron chi connectivity index (χ2n) is 4.27. The minimum atomic E-state index is -4.41. The van der Waals surface area contributed by atoms with Crippen molar-refractivity contribution in [2.45, 2.75) is 26.2 Å². The van der Waals surface area contributed by atoms with Crippen molar-refractivity contribution in [2.24, 2.45) is 4.99 Å². The van der Waals surface area contributed by atoms with Crippen LogP contribution in [0.5, 0.6) is 0 Å². The quantitative estimate of drug-likeness (QED) is 0.403. The number of guanidine groups is 1. The Balaban J connectivity index is 0.00000264. The van der Waals surface area contributed by atoms with Crippen LogP contribution in [0.2, 0.25) is 0 Å². The largest absolute Gasteiger partial charge is 0.434 e. The predicted octanol–water partition coefficient (Wildman–Crippen LogP) is 3.41. The van der Waals surface area contributed by atoms with Crippen molar-refractivity contribution in [2.75, 3.05) is 7.05 Å². The lowest BCUT2D eigenvalue weighted by atomic mass is 10.5. The molecule has 0 radical (unpaired) electrons. The fraction of sp³-hybridized carbons (Fsp3) is 0.417. The van der Waals surface area contributed by atoms with Crippen LogP contribution in [-0.2, 0) is 19.3 Å². The van der Waals surface area contributed by atoms with Crippen molar-refractivity contribution in [1.82, 2.24) is 20.6 Å². The van der Waals surface area contributed by atoms with Gasteiger partial charge < -0.3 is 10.6 Å². The first-order chi connectivity index (χ1) is 10.4. The topological polar surface area (TPSA) is 62.2 Å². The lowest BCUT2D eigenvalue weighted by Crippen LogP contribution is -2.36. The zero-order chi connectivity index (χ0) is 16.2. The SMILES string of the molecule is CN=C(NCc1nc(C(F)(F)F)cs1)NCc1ncc(C)s1.I. The Hall–Kier alpha value is -0.950. The number of hydrogen-bond donors (Lipinski definition) is 2. The number of nitrogens with one attached hydrogen (secondary N) is 2. The smallest absolute Gasteiger partial charge is 0.350 e. The summed E-state index contributed by atoms with van der Waals surface area (Å²) in [5.74, 6) is 0.483. The van der Waals surface area contributed by atoms with Gasteiger partial charge >= 0.3 is 6.18 Å². The molecular weight excluding hydrogens is 462 g/mol. The molecule has 2 aromatic heterocycles. The van der Waals surface area contributed by atoms with Gasteiger partial charge in [-0.3, -0.25) is 4.99 Å². The molecule has 128 valence electrons. The van der Waals surface area contributed by atoms with Crippen LogP contribution >= 0.6 is 46.7 Å². The monoisotopic (exact) mass is 477 g/mol. The van der Waals surface area contributed by atoms with Crippen molar-refractivity contribution in [1.29, 1.82) is 0 Å². The normalized spacial score (nSPS) is 12.0. The Morgan fingerprint density at radius 3 is 2.39 bits per heavy atom. The van der Waals surface area contributed by atoms with E-state index in [1.165, 1.54) is 0 Å². The van der Waals surface area contributed by atoms with Gasteiger partial charge in [0.25, 0.3) is 0 Å². The summed E-state index contributed by atoms with van der Waals surface area (Å²) in [6, 6.07) is 0. The highest BCUT2D eigenvalue weighted by Crippen LogP contribution is 2.29. The molecule has 2 rings (SSSR count). The second kappa shape index (κ2) is 8.78. The Bertz CT molecular complexity index is 653. The zero-order valence-electron chi connectivity index (χ0n) is 12.3. The van der Waals surface area contributed by atoms with Crippen molar-refractivity contribution >= 4 is 52.6 Å². The molecule has 0 atom stereocenters. The second-order valence-corrected chi connectivity index (χ2v) is 6.53. The molecule has 0 unspecified atom stereocenters. The molecule has 0 aromatic carbocycles. The third-order valence-electron chi connectivity index (χ3n) is 2.55. The first kappa shape index (κ1) is 20.1. The first-order valence-corrected chi connectivity index (χ1v) is 7.95. The van der Waals surface area contributed by atoms with E-state index >= 15 is 0 Å².